The molecule has 2 heteroatoms. The first-order chi connectivity index (χ1) is 35.7. The molecule has 2 nitrogen and oxygen atoms in total. The summed E-state index contributed by atoms with van der Waals surface area (Å²) in [6.45, 7) is 0. The normalized spacial score (nSPS) is 16.3. The van der Waals surface area contributed by atoms with Crippen LogP contribution in [0.3, 0.4) is 0 Å². The zero-order valence-electron chi connectivity index (χ0n) is 39.3. The van der Waals surface area contributed by atoms with Gasteiger partial charge in [0.25, 0.3) is 0 Å². The molecule has 0 aliphatic heterocycles. The summed E-state index contributed by atoms with van der Waals surface area (Å²) in [6.07, 6.45) is 15.8. The topological polar surface area (TPSA) is 26.3 Å². The Morgan fingerprint density at radius 3 is 1.76 bits per heavy atom. The second kappa shape index (κ2) is 15.3. The molecule has 0 fully saturated rings. The van der Waals surface area contributed by atoms with Gasteiger partial charge in [-0.05, 0) is 153 Å². The summed E-state index contributed by atoms with van der Waals surface area (Å²) in [6, 6.07) is 71.8. The molecule has 2 aromatic heterocycles. The number of benzene rings is 11. The second-order valence-electron chi connectivity index (χ2n) is 20.0. The van der Waals surface area contributed by atoms with Gasteiger partial charge in [0.05, 0.1) is 0 Å². The largest absolute Gasteiger partial charge is 0.452 e. The Morgan fingerprint density at radius 1 is 0.431 bits per heavy atom. The Morgan fingerprint density at radius 2 is 1.01 bits per heavy atom. The predicted octanol–water partition coefficient (Wildman–Crippen LogP) is 19.1. The van der Waals surface area contributed by atoms with Crippen LogP contribution in [0, 0.1) is 5.92 Å². The van der Waals surface area contributed by atoms with Crippen molar-refractivity contribution >= 4 is 98.6 Å². The molecular formula is C70H44O2. The van der Waals surface area contributed by atoms with E-state index in [2.05, 4.69) is 231 Å². The van der Waals surface area contributed by atoms with E-state index in [1.54, 1.807) is 0 Å². The van der Waals surface area contributed by atoms with Gasteiger partial charge in [-0.1, -0.05) is 200 Å². The average Bonchev–Trinajstić information content (AvgIpc) is 4.02. The highest BCUT2D eigenvalue weighted by Gasteiger charge is 2.36. The van der Waals surface area contributed by atoms with Crippen molar-refractivity contribution in [1.29, 1.82) is 0 Å². The first-order valence-electron chi connectivity index (χ1n) is 25.4. The average molecular weight is 917 g/mol. The molecule has 0 spiro atoms. The molecule has 16 rings (SSSR count). The summed E-state index contributed by atoms with van der Waals surface area (Å²) in [5.41, 5.74) is 18.7. The minimum Gasteiger partial charge on any atom is -0.452 e. The third kappa shape index (κ3) is 5.72. The van der Waals surface area contributed by atoms with Crippen molar-refractivity contribution in [3.05, 3.63) is 263 Å². The van der Waals surface area contributed by atoms with Crippen LogP contribution in [-0.4, -0.2) is 0 Å². The maximum Gasteiger partial charge on any atom is 0.179 e. The lowest BCUT2D eigenvalue weighted by molar-refractivity contribution is 0.633. The van der Waals surface area contributed by atoms with Crippen molar-refractivity contribution in [1.82, 2.24) is 0 Å². The van der Waals surface area contributed by atoms with E-state index in [1.165, 1.54) is 98.9 Å². The fourth-order valence-corrected chi connectivity index (χ4v) is 13.2. The van der Waals surface area contributed by atoms with E-state index in [1.807, 2.05) is 0 Å². The molecule has 2 atom stereocenters. The summed E-state index contributed by atoms with van der Waals surface area (Å²) in [7, 11) is 0. The van der Waals surface area contributed by atoms with Gasteiger partial charge in [0.15, 0.2) is 11.2 Å². The van der Waals surface area contributed by atoms with E-state index in [0.717, 1.165) is 67.7 Å². The van der Waals surface area contributed by atoms with Gasteiger partial charge in [0.2, 0.25) is 0 Å². The summed E-state index contributed by atoms with van der Waals surface area (Å²) < 4.78 is 14.3. The van der Waals surface area contributed by atoms with Gasteiger partial charge in [-0.3, -0.25) is 0 Å². The van der Waals surface area contributed by atoms with Crippen LogP contribution in [-0.2, 0) is 6.42 Å². The molecule has 0 saturated carbocycles. The lowest BCUT2D eigenvalue weighted by Crippen LogP contribution is -2.22. The number of hydrogen-bond donors (Lipinski definition) is 0. The first kappa shape index (κ1) is 39.8. The lowest BCUT2D eigenvalue weighted by atomic mass is 9.66. The second-order valence-corrected chi connectivity index (χ2v) is 20.0. The smallest absolute Gasteiger partial charge is 0.179 e. The molecule has 3 aliphatic rings. The van der Waals surface area contributed by atoms with Crippen LogP contribution in [0.25, 0.3) is 121 Å². The molecule has 72 heavy (non-hydrogen) atoms. The van der Waals surface area contributed by atoms with E-state index in [4.69, 9.17) is 8.83 Å². The lowest BCUT2D eigenvalue weighted by Gasteiger charge is -2.37. The van der Waals surface area contributed by atoms with Crippen molar-refractivity contribution in [3.8, 4) is 22.3 Å². The van der Waals surface area contributed by atoms with Gasteiger partial charge in [0, 0.05) is 33.4 Å². The van der Waals surface area contributed by atoms with Crippen LogP contribution < -0.4 is 0 Å². The van der Waals surface area contributed by atoms with Crippen molar-refractivity contribution in [2.24, 2.45) is 5.92 Å². The molecule has 13 aromatic rings. The highest BCUT2D eigenvalue weighted by Crippen LogP contribution is 2.53. The van der Waals surface area contributed by atoms with Crippen LogP contribution in [0.4, 0.5) is 0 Å². The number of furan rings is 2. The Kier molecular flexibility index (Phi) is 8.44. The molecule has 0 N–H and O–H groups in total. The molecular weight excluding hydrogens is 873 g/mol. The van der Waals surface area contributed by atoms with E-state index >= 15 is 0 Å². The Labute approximate surface area is 415 Å². The van der Waals surface area contributed by atoms with Crippen molar-refractivity contribution in [2.75, 3.05) is 0 Å². The number of allylic oxidation sites excluding steroid dienone is 6. The zero-order valence-corrected chi connectivity index (χ0v) is 39.3. The van der Waals surface area contributed by atoms with Crippen molar-refractivity contribution < 1.29 is 8.83 Å². The van der Waals surface area contributed by atoms with Gasteiger partial charge in [-0.25, -0.2) is 0 Å². The number of fused-ring (bicyclic) bond motifs is 16. The van der Waals surface area contributed by atoms with Crippen LogP contribution in [0.2, 0.25) is 0 Å². The molecule has 3 aliphatic carbocycles. The third-order valence-electron chi connectivity index (χ3n) is 16.3. The Bertz CT molecular complexity index is 4640. The van der Waals surface area contributed by atoms with Gasteiger partial charge in [-0.2, -0.15) is 0 Å². The Balaban J connectivity index is 0.876. The standard InChI is InChI=1S/C70H44O2/c1-3-17-43-37-45(31-29-41(43)15-1)63-49-19-5-9-23-53(49)65(54-24-10-6-20-50(54)63)47-33-35-59-61(39-47)71-69-67(59)57-27-13-14-28-58(57)68-60-36-34-48(40-62(60)72-70(68)69)66-55-25-11-7-21-51(55)64(52-22-8-12-26-56(52)66)46-32-30-42-16-2-4-18-44(42)38-46/h1-11,13-25,27-40,49,63H,12,26H2. The number of hydrogen-bond acceptors (Lipinski definition) is 2. The van der Waals surface area contributed by atoms with Gasteiger partial charge in [-0.15, -0.1) is 0 Å². The maximum atomic E-state index is 7.17. The molecule has 0 radical (unpaired) electrons. The minimum absolute atomic E-state index is 0.180. The third-order valence-corrected chi connectivity index (χ3v) is 16.3. The molecule has 2 unspecified atom stereocenters. The summed E-state index contributed by atoms with van der Waals surface area (Å²) >= 11 is 0. The zero-order chi connectivity index (χ0) is 47.0. The molecule has 2 heterocycles. The van der Waals surface area contributed by atoms with Gasteiger partial charge >= 0.3 is 0 Å². The molecule has 336 valence electrons. The van der Waals surface area contributed by atoms with E-state index in [9.17, 15) is 0 Å². The van der Waals surface area contributed by atoms with Crippen molar-refractivity contribution in [2.45, 2.75) is 18.8 Å². The van der Waals surface area contributed by atoms with Crippen LogP contribution in [0.1, 0.15) is 45.7 Å². The van der Waals surface area contributed by atoms with Gasteiger partial charge < -0.3 is 8.83 Å². The molecule has 0 saturated heterocycles. The van der Waals surface area contributed by atoms with E-state index in [0.29, 0.717) is 0 Å². The summed E-state index contributed by atoms with van der Waals surface area (Å²) in [5.74, 6) is 0.364. The fraction of sp³-hybridized carbons (Fsp3) is 0.0571. The quantitative estimate of drug-likeness (QED) is 0.176. The van der Waals surface area contributed by atoms with Crippen molar-refractivity contribution in [3.63, 3.8) is 0 Å². The SMILES string of the molecule is C1=CC2=C(c3ccc4c(c3)oc3c5oc6cc(-c7c8c(c(-c9ccc%10ccccc%10c9)c9ccccc79)C=CCC8)ccc6c5c5ccccc5c43)c3ccccc3C(c3ccc4ccccc4c3)C2C=C1. The maximum absolute atomic E-state index is 7.17. The first-order valence-corrected chi connectivity index (χ1v) is 25.4. The van der Waals surface area contributed by atoms with Crippen LogP contribution in [0.15, 0.2) is 239 Å². The predicted molar refractivity (Wildman–Crippen MR) is 302 cm³/mol. The summed E-state index contributed by atoms with van der Waals surface area (Å²) in [5, 5.41) is 14.3. The van der Waals surface area contributed by atoms with E-state index in [-0.39, 0.29) is 11.8 Å². The molecule has 0 bridgehead atoms. The highest BCUT2D eigenvalue weighted by molar-refractivity contribution is 6.33. The van der Waals surface area contributed by atoms with E-state index < -0.39 is 0 Å². The highest BCUT2D eigenvalue weighted by atomic mass is 16.4. The minimum atomic E-state index is 0.180. The Hall–Kier alpha value is -8.98. The molecule has 11 aromatic carbocycles. The fourth-order valence-electron chi connectivity index (χ4n) is 13.2. The van der Waals surface area contributed by atoms with Gasteiger partial charge in [0.1, 0.15) is 11.2 Å². The monoisotopic (exact) mass is 916 g/mol. The summed E-state index contributed by atoms with van der Waals surface area (Å²) in [4.78, 5) is 0. The number of rotatable bonds is 4. The molecule has 0 amide bonds. The van der Waals surface area contributed by atoms with Crippen LogP contribution in [0.5, 0.6) is 0 Å². The van der Waals surface area contributed by atoms with Crippen LogP contribution >= 0.6 is 0 Å².